The van der Waals surface area contributed by atoms with E-state index in [9.17, 15) is 17.6 Å². The molecule has 0 saturated heterocycles. The monoisotopic (exact) mass is 428 g/mol. The van der Waals surface area contributed by atoms with E-state index in [-0.39, 0.29) is 29.6 Å². The molecule has 0 aromatic heterocycles. The molecule has 0 heterocycles. The Morgan fingerprint density at radius 2 is 1.63 bits per heavy atom. The van der Waals surface area contributed by atoms with Crippen molar-refractivity contribution in [2.75, 3.05) is 16.6 Å². The summed E-state index contributed by atoms with van der Waals surface area (Å²) in [7, 11) is -3.71. The first kappa shape index (κ1) is 21.3. The van der Waals surface area contributed by atoms with E-state index in [0.29, 0.717) is 23.5 Å². The van der Waals surface area contributed by atoms with E-state index < -0.39 is 10.0 Å². The lowest BCUT2D eigenvalue weighted by atomic mass is 10.2. The van der Waals surface area contributed by atoms with Gasteiger partial charge in [-0.05, 0) is 48.9 Å². The maximum Gasteiger partial charge on any atom is 0.261 e. The van der Waals surface area contributed by atoms with Crippen LogP contribution in [0.1, 0.15) is 12.8 Å². The molecular formula is C22H21FN2O4S. The molecule has 2 N–H and O–H groups in total. The number of hydrogen-bond donors (Lipinski definition) is 2. The van der Waals surface area contributed by atoms with Crippen LogP contribution in [0, 0.1) is 5.82 Å². The van der Waals surface area contributed by atoms with Crippen LogP contribution in [0.2, 0.25) is 0 Å². The fraction of sp³-hybridized carbons (Fsp3) is 0.136. The highest BCUT2D eigenvalue weighted by atomic mass is 32.2. The van der Waals surface area contributed by atoms with Crippen molar-refractivity contribution in [2.24, 2.45) is 0 Å². The van der Waals surface area contributed by atoms with Crippen molar-refractivity contribution in [3.05, 3.63) is 84.7 Å². The molecule has 0 bridgehead atoms. The molecule has 30 heavy (non-hydrogen) atoms. The average molecular weight is 428 g/mol. The summed E-state index contributed by atoms with van der Waals surface area (Å²) in [6.45, 7) is 0.272. The summed E-state index contributed by atoms with van der Waals surface area (Å²) in [5, 5.41) is 2.73. The largest absolute Gasteiger partial charge is 0.493 e. The van der Waals surface area contributed by atoms with Gasteiger partial charge < -0.3 is 10.1 Å². The molecule has 3 aromatic rings. The van der Waals surface area contributed by atoms with Crippen LogP contribution in [0.3, 0.4) is 0 Å². The van der Waals surface area contributed by atoms with Gasteiger partial charge in [-0.3, -0.25) is 9.52 Å². The van der Waals surface area contributed by atoms with Crippen LogP contribution in [-0.4, -0.2) is 20.9 Å². The number of sulfonamides is 1. The molecule has 0 atom stereocenters. The van der Waals surface area contributed by atoms with Gasteiger partial charge in [0, 0.05) is 18.2 Å². The van der Waals surface area contributed by atoms with Crippen LogP contribution in [0.4, 0.5) is 15.8 Å². The van der Waals surface area contributed by atoms with Crippen LogP contribution in [0.15, 0.2) is 83.8 Å². The zero-order chi connectivity index (χ0) is 21.4. The Bertz CT molecular complexity index is 1100. The zero-order valence-electron chi connectivity index (χ0n) is 16.0. The number of rotatable bonds is 9. The second-order valence-electron chi connectivity index (χ2n) is 6.46. The van der Waals surface area contributed by atoms with Gasteiger partial charge in [0.25, 0.3) is 10.0 Å². The van der Waals surface area contributed by atoms with Gasteiger partial charge in [-0.1, -0.05) is 30.3 Å². The first-order valence-electron chi connectivity index (χ1n) is 9.28. The van der Waals surface area contributed by atoms with Gasteiger partial charge in [0.1, 0.15) is 11.6 Å². The van der Waals surface area contributed by atoms with Gasteiger partial charge in [-0.15, -0.1) is 0 Å². The molecule has 8 heteroatoms. The van der Waals surface area contributed by atoms with E-state index in [2.05, 4.69) is 10.0 Å². The van der Waals surface area contributed by atoms with Gasteiger partial charge in [0.05, 0.1) is 17.2 Å². The predicted octanol–water partition coefficient (Wildman–Crippen LogP) is 4.42. The minimum atomic E-state index is -3.71. The van der Waals surface area contributed by atoms with Crippen molar-refractivity contribution in [3.63, 3.8) is 0 Å². The Kier molecular flexibility index (Phi) is 7.03. The SMILES string of the molecule is O=C(CCCOc1cccc(F)c1)Nc1cccc(NS(=O)(=O)c2ccccc2)c1. The van der Waals surface area contributed by atoms with Gasteiger partial charge in [0.2, 0.25) is 5.91 Å². The highest BCUT2D eigenvalue weighted by Gasteiger charge is 2.13. The number of benzene rings is 3. The predicted molar refractivity (Wildman–Crippen MR) is 113 cm³/mol. The average Bonchev–Trinajstić information content (AvgIpc) is 2.72. The normalized spacial score (nSPS) is 11.0. The van der Waals surface area contributed by atoms with E-state index in [4.69, 9.17) is 4.74 Å². The van der Waals surface area contributed by atoms with Crippen molar-refractivity contribution in [3.8, 4) is 5.75 Å². The lowest BCUT2D eigenvalue weighted by Gasteiger charge is -2.11. The number of nitrogens with one attached hydrogen (secondary N) is 2. The summed E-state index contributed by atoms with van der Waals surface area (Å²) in [6.07, 6.45) is 0.651. The maximum atomic E-state index is 13.1. The first-order valence-corrected chi connectivity index (χ1v) is 10.8. The third kappa shape index (κ3) is 6.31. The second kappa shape index (κ2) is 9.89. The van der Waals surface area contributed by atoms with E-state index in [0.717, 1.165) is 0 Å². The van der Waals surface area contributed by atoms with Crippen LogP contribution in [0.5, 0.6) is 5.75 Å². The molecule has 0 saturated carbocycles. The Morgan fingerprint density at radius 3 is 2.40 bits per heavy atom. The molecule has 0 radical (unpaired) electrons. The molecule has 0 fully saturated rings. The van der Waals surface area contributed by atoms with Crippen LogP contribution in [0.25, 0.3) is 0 Å². The Labute approximate surface area is 174 Å². The molecule has 3 rings (SSSR count). The van der Waals surface area contributed by atoms with Crippen molar-refractivity contribution in [1.29, 1.82) is 0 Å². The molecule has 0 aliphatic carbocycles. The van der Waals surface area contributed by atoms with Gasteiger partial charge >= 0.3 is 0 Å². The Morgan fingerprint density at radius 1 is 0.900 bits per heavy atom. The number of anilines is 2. The number of halogens is 1. The van der Waals surface area contributed by atoms with Crippen LogP contribution >= 0.6 is 0 Å². The van der Waals surface area contributed by atoms with Crippen molar-refractivity contribution in [2.45, 2.75) is 17.7 Å². The minimum absolute atomic E-state index is 0.151. The Balaban J connectivity index is 1.50. The molecule has 0 aliphatic heterocycles. The van der Waals surface area contributed by atoms with Crippen LogP contribution in [-0.2, 0) is 14.8 Å². The second-order valence-corrected chi connectivity index (χ2v) is 8.14. The van der Waals surface area contributed by atoms with Crippen LogP contribution < -0.4 is 14.8 Å². The molecule has 3 aromatic carbocycles. The topological polar surface area (TPSA) is 84.5 Å². The van der Waals surface area contributed by atoms with Crippen molar-refractivity contribution in [1.82, 2.24) is 0 Å². The molecular weight excluding hydrogens is 407 g/mol. The quantitative estimate of drug-likeness (QED) is 0.494. The molecule has 1 amide bonds. The highest BCUT2D eigenvalue weighted by Crippen LogP contribution is 2.20. The van der Waals surface area contributed by atoms with Crippen molar-refractivity contribution < 1.29 is 22.3 Å². The third-order valence-electron chi connectivity index (χ3n) is 4.07. The molecule has 0 spiro atoms. The fourth-order valence-electron chi connectivity index (χ4n) is 2.68. The summed E-state index contributed by atoms with van der Waals surface area (Å²) in [5.41, 5.74) is 0.811. The first-order chi connectivity index (χ1) is 14.4. The van der Waals surface area contributed by atoms with E-state index in [1.165, 1.54) is 24.3 Å². The molecule has 156 valence electrons. The summed E-state index contributed by atoms with van der Waals surface area (Å²) < 4.78 is 45.8. The minimum Gasteiger partial charge on any atom is -0.493 e. The van der Waals surface area contributed by atoms with E-state index in [1.54, 1.807) is 54.6 Å². The number of carbonyl (C=O) groups is 1. The number of carbonyl (C=O) groups excluding carboxylic acids is 1. The lowest BCUT2D eigenvalue weighted by molar-refractivity contribution is -0.116. The molecule has 0 aliphatic rings. The highest BCUT2D eigenvalue weighted by molar-refractivity contribution is 7.92. The van der Waals surface area contributed by atoms with Gasteiger partial charge in [0.15, 0.2) is 0 Å². The third-order valence-corrected chi connectivity index (χ3v) is 5.46. The number of ether oxygens (including phenoxy) is 1. The molecule has 6 nitrogen and oxygen atoms in total. The van der Waals surface area contributed by atoms with Gasteiger partial charge in [-0.25, -0.2) is 12.8 Å². The van der Waals surface area contributed by atoms with Gasteiger partial charge in [-0.2, -0.15) is 0 Å². The molecule has 0 unspecified atom stereocenters. The number of hydrogen-bond acceptors (Lipinski definition) is 4. The Hall–Kier alpha value is -3.39. The maximum absolute atomic E-state index is 13.1. The summed E-state index contributed by atoms with van der Waals surface area (Å²) >= 11 is 0. The summed E-state index contributed by atoms with van der Waals surface area (Å²) in [5.74, 6) is -0.206. The zero-order valence-corrected chi connectivity index (χ0v) is 16.9. The van der Waals surface area contributed by atoms with E-state index >= 15 is 0 Å². The summed E-state index contributed by atoms with van der Waals surface area (Å²) in [6, 6.07) is 20.3. The fourth-order valence-corrected chi connectivity index (χ4v) is 3.75. The number of amides is 1. The van der Waals surface area contributed by atoms with Crippen molar-refractivity contribution >= 4 is 27.3 Å². The smallest absolute Gasteiger partial charge is 0.261 e. The lowest BCUT2D eigenvalue weighted by Crippen LogP contribution is -2.14. The van der Waals surface area contributed by atoms with E-state index in [1.807, 2.05) is 0 Å². The standard InChI is InChI=1S/C22H21FN2O4S/c23-17-7-4-10-20(15-17)29-14-6-13-22(26)24-18-8-5-9-19(16-18)25-30(27,28)21-11-2-1-3-12-21/h1-5,7-12,15-16,25H,6,13-14H2,(H,24,26). The summed E-state index contributed by atoms with van der Waals surface area (Å²) in [4.78, 5) is 12.3.